The number of nitrogens with one attached hydrogen (secondary N) is 1. The highest BCUT2D eigenvalue weighted by molar-refractivity contribution is 5.37. The van der Waals surface area contributed by atoms with E-state index in [1.807, 2.05) is 0 Å². The number of rotatable bonds is 6. The molecular formula is C23H30F3N7O3. The first-order valence-corrected chi connectivity index (χ1v) is 12.5. The predicted molar refractivity (Wildman–Crippen MR) is 121 cm³/mol. The minimum absolute atomic E-state index is 0.128. The van der Waals surface area contributed by atoms with Crippen LogP contribution in [-0.4, -0.2) is 80.3 Å². The van der Waals surface area contributed by atoms with E-state index in [4.69, 9.17) is 14.2 Å². The lowest BCUT2D eigenvalue weighted by molar-refractivity contribution is -0.142. The molecule has 0 unspecified atom stereocenters. The second kappa shape index (κ2) is 9.10. The van der Waals surface area contributed by atoms with E-state index in [9.17, 15) is 13.2 Å². The highest BCUT2D eigenvalue weighted by Gasteiger charge is 2.40. The average Bonchev–Trinajstić information content (AvgIpc) is 3.17. The van der Waals surface area contributed by atoms with Gasteiger partial charge in [-0.15, -0.1) is 10.2 Å². The Balaban J connectivity index is 1.17. The van der Waals surface area contributed by atoms with Crippen molar-refractivity contribution in [1.29, 1.82) is 0 Å². The molecule has 2 atom stereocenters. The molecule has 2 aromatic rings. The number of alkyl halides is 3. The fourth-order valence-corrected chi connectivity index (χ4v) is 5.49. The van der Waals surface area contributed by atoms with E-state index in [0.717, 1.165) is 76.4 Å². The van der Waals surface area contributed by atoms with Crippen LogP contribution in [0.5, 0.6) is 5.88 Å². The standard InChI is InChI=1S/C23H30F3N7O3/c1-22(29-21-27-8-17(23(24,25)26)20(28-21)36-16-12-35-13-16)4-2-3-14(7-22)19-31-30-18-9-32(5-6-33(18)19)15-10-34-11-15/h8,14-16H,2-7,9-13H2,1H3,(H,27,28,29)/t14-,22-/m0/s1. The van der Waals surface area contributed by atoms with Crippen LogP contribution in [0.2, 0.25) is 0 Å². The maximum atomic E-state index is 13.5. The van der Waals surface area contributed by atoms with Gasteiger partial charge in [-0.2, -0.15) is 18.2 Å². The predicted octanol–water partition coefficient (Wildman–Crippen LogP) is 2.61. The van der Waals surface area contributed by atoms with Crippen molar-refractivity contribution in [2.45, 2.75) is 75.5 Å². The van der Waals surface area contributed by atoms with Crippen LogP contribution in [0.1, 0.15) is 55.7 Å². The normalized spacial score (nSPS) is 27.7. The summed E-state index contributed by atoms with van der Waals surface area (Å²) in [6.07, 6.45) is -0.715. The first kappa shape index (κ1) is 23.9. The Morgan fingerprint density at radius 1 is 1.14 bits per heavy atom. The smallest absolute Gasteiger partial charge is 0.423 e. The zero-order valence-electron chi connectivity index (χ0n) is 20.1. The van der Waals surface area contributed by atoms with E-state index in [1.165, 1.54) is 0 Å². The van der Waals surface area contributed by atoms with Crippen molar-refractivity contribution in [1.82, 2.24) is 29.6 Å². The Hall–Kier alpha value is -2.51. The molecule has 0 radical (unpaired) electrons. The molecule has 0 bridgehead atoms. The van der Waals surface area contributed by atoms with Gasteiger partial charge in [-0.3, -0.25) is 4.90 Å². The summed E-state index contributed by atoms with van der Waals surface area (Å²) in [5, 5.41) is 12.4. The van der Waals surface area contributed by atoms with Crippen molar-refractivity contribution in [3.8, 4) is 5.88 Å². The molecule has 3 fully saturated rings. The van der Waals surface area contributed by atoms with E-state index < -0.39 is 29.3 Å². The third-order valence-corrected chi connectivity index (χ3v) is 7.65. The van der Waals surface area contributed by atoms with E-state index in [2.05, 4.69) is 41.9 Å². The van der Waals surface area contributed by atoms with Gasteiger partial charge in [0.05, 0.1) is 39.0 Å². The fourth-order valence-electron chi connectivity index (χ4n) is 5.49. The zero-order chi connectivity index (χ0) is 24.9. The Labute approximate surface area is 206 Å². The molecule has 10 nitrogen and oxygen atoms in total. The van der Waals surface area contributed by atoms with Gasteiger partial charge in [-0.1, -0.05) is 6.42 Å². The molecule has 6 rings (SSSR count). The maximum Gasteiger partial charge on any atom is 0.423 e. The molecule has 0 aromatic carbocycles. The van der Waals surface area contributed by atoms with Crippen molar-refractivity contribution in [3.05, 3.63) is 23.4 Å². The Bertz CT molecular complexity index is 1110. The van der Waals surface area contributed by atoms with Crippen LogP contribution in [0.15, 0.2) is 6.20 Å². The number of hydrogen-bond acceptors (Lipinski definition) is 9. The minimum atomic E-state index is -4.60. The molecule has 2 saturated heterocycles. The summed E-state index contributed by atoms with van der Waals surface area (Å²) in [5.74, 6) is 1.83. The first-order chi connectivity index (χ1) is 17.3. The summed E-state index contributed by atoms with van der Waals surface area (Å²) in [5.41, 5.74) is -1.39. The molecule has 196 valence electrons. The SMILES string of the molecule is C[C@]1(Nc2ncc(C(F)(F)F)c(OC3COC3)n2)CCC[C@H](c2nnc3n2CCN(C2COC2)C3)C1. The summed E-state index contributed by atoms with van der Waals surface area (Å²) < 4.78 is 58.6. The lowest BCUT2D eigenvalue weighted by Crippen LogP contribution is -2.51. The molecule has 5 heterocycles. The van der Waals surface area contributed by atoms with E-state index in [-0.39, 0.29) is 25.1 Å². The van der Waals surface area contributed by atoms with Crippen molar-refractivity contribution in [2.75, 3.05) is 38.3 Å². The Morgan fingerprint density at radius 2 is 1.94 bits per heavy atom. The van der Waals surface area contributed by atoms with Crippen LogP contribution in [0.3, 0.4) is 0 Å². The van der Waals surface area contributed by atoms with Gasteiger partial charge in [0.1, 0.15) is 23.3 Å². The molecule has 1 saturated carbocycles. The monoisotopic (exact) mass is 509 g/mol. The summed E-state index contributed by atoms with van der Waals surface area (Å²) >= 11 is 0. The van der Waals surface area contributed by atoms with Crippen molar-refractivity contribution < 1.29 is 27.4 Å². The van der Waals surface area contributed by atoms with E-state index >= 15 is 0 Å². The zero-order valence-corrected chi connectivity index (χ0v) is 20.1. The van der Waals surface area contributed by atoms with Gasteiger partial charge in [0.15, 0.2) is 0 Å². The second-order valence-corrected chi connectivity index (χ2v) is 10.5. The second-order valence-electron chi connectivity index (χ2n) is 10.5. The Kier molecular flexibility index (Phi) is 6.03. The van der Waals surface area contributed by atoms with Gasteiger partial charge in [-0.25, -0.2) is 4.98 Å². The van der Waals surface area contributed by atoms with Gasteiger partial charge in [0, 0.05) is 30.7 Å². The molecule has 3 aliphatic heterocycles. The fraction of sp³-hybridized carbons (Fsp3) is 0.739. The Morgan fingerprint density at radius 3 is 2.64 bits per heavy atom. The first-order valence-electron chi connectivity index (χ1n) is 12.5. The van der Waals surface area contributed by atoms with Gasteiger partial charge in [0.25, 0.3) is 0 Å². The topological polar surface area (TPSA) is 99.5 Å². The summed E-state index contributed by atoms with van der Waals surface area (Å²) in [6, 6.07) is 0.468. The van der Waals surface area contributed by atoms with Gasteiger partial charge in [-0.05, 0) is 26.2 Å². The van der Waals surface area contributed by atoms with Crippen LogP contribution in [0.4, 0.5) is 19.1 Å². The number of anilines is 1. The van der Waals surface area contributed by atoms with Crippen LogP contribution < -0.4 is 10.1 Å². The van der Waals surface area contributed by atoms with Crippen LogP contribution in [0, 0.1) is 0 Å². The number of halogens is 3. The van der Waals surface area contributed by atoms with Crippen LogP contribution in [-0.2, 0) is 28.7 Å². The van der Waals surface area contributed by atoms with Crippen LogP contribution in [0.25, 0.3) is 0 Å². The minimum Gasteiger partial charge on any atom is -0.469 e. The molecule has 2 aromatic heterocycles. The largest absolute Gasteiger partial charge is 0.469 e. The average molecular weight is 510 g/mol. The molecule has 4 aliphatic rings. The number of aromatic nitrogens is 5. The lowest BCUT2D eigenvalue weighted by Gasteiger charge is -2.40. The number of fused-ring (bicyclic) bond motifs is 1. The molecule has 1 aliphatic carbocycles. The highest BCUT2D eigenvalue weighted by atomic mass is 19.4. The third kappa shape index (κ3) is 4.63. The molecule has 0 spiro atoms. The summed E-state index contributed by atoms with van der Waals surface area (Å²) in [7, 11) is 0. The van der Waals surface area contributed by atoms with Crippen molar-refractivity contribution >= 4 is 5.95 Å². The van der Waals surface area contributed by atoms with E-state index in [1.54, 1.807) is 0 Å². The van der Waals surface area contributed by atoms with Gasteiger partial charge < -0.3 is 24.1 Å². The summed E-state index contributed by atoms with van der Waals surface area (Å²) in [6.45, 7) is 6.69. The molecule has 0 amide bonds. The number of hydrogen-bond donors (Lipinski definition) is 1. The molecule has 1 N–H and O–H groups in total. The number of nitrogens with zero attached hydrogens (tertiary/aromatic N) is 6. The van der Waals surface area contributed by atoms with Crippen molar-refractivity contribution in [3.63, 3.8) is 0 Å². The van der Waals surface area contributed by atoms with Crippen molar-refractivity contribution in [2.24, 2.45) is 0 Å². The van der Waals surface area contributed by atoms with Gasteiger partial charge in [0.2, 0.25) is 11.8 Å². The maximum absolute atomic E-state index is 13.5. The van der Waals surface area contributed by atoms with E-state index in [0.29, 0.717) is 6.04 Å². The lowest BCUT2D eigenvalue weighted by atomic mass is 9.76. The summed E-state index contributed by atoms with van der Waals surface area (Å²) in [4.78, 5) is 10.5. The third-order valence-electron chi connectivity index (χ3n) is 7.65. The highest BCUT2D eigenvalue weighted by Crippen LogP contribution is 2.41. The quantitative estimate of drug-likeness (QED) is 0.630. The van der Waals surface area contributed by atoms with Crippen LogP contribution >= 0.6 is 0 Å². The number of ether oxygens (including phenoxy) is 3. The molecule has 13 heteroatoms. The molecular weight excluding hydrogens is 479 g/mol. The molecule has 36 heavy (non-hydrogen) atoms. The van der Waals surface area contributed by atoms with Gasteiger partial charge >= 0.3 is 6.18 Å².